The highest BCUT2D eigenvalue weighted by atomic mass is 16.5. The molecule has 1 heterocycles. The number of aromatic carboxylic acids is 1. The van der Waals surface area contributed by atoms with Crippen LogP contribution in [0.3, 0.4) is 0 Å². The third-order valence-corrected chi connectivity index (χ3v) is 3.45. The minimum Gasteiger partial charge on any atom is -0.477 e. The van der Waals surface area contributed by atoms with Gasteiger partial charge in [0.2, 0.25) is 0 Å². The van der Waals surface area contributed by atoms with E-state index in [1.165, 1.54) is 36.2 Å². The van der Waals surface area contributed by atoms with Gasteiger partial charge in [0.1, 0.15) is 11.3 Å². The lowest BCUT2D eigenvalue weighted by atomic mass is 9.92. The maximum Gasteiger partial charge on any atom is 0.341 e. The SMILES string of the molecule is O=C(O)c1ccnnc1Oc1ccc2c(c1)CCCC2. The zero-order valence-electron chi connectivity index (χ0n) is 10.9. The molecule has 1 N–H and O–H groups in total. The highest BCUT2D eigenvalue weighted by Gasteiger charge is 2.15. The summed E-state index contributed by atoms with van der Waals surface area (Å²) in [6, 6.07) is 7.24. The number of aryl methyl sites for hydroxylation is 2. The lowest BCUT2D eigenvalue weighted by Gasteiger charge is -2.16. The van der Waals surface area contributed by atoms with Crippen molar-refractivity contribution in [1.29, 1.82) is 0 Å². The Labute approximate surface area is 116 Å². The second-order valence-corrected chi connectivity index (χ2v) is 4.79. The molecule has 0 bridgehead atoms. The number of rotatable bonds is 3. The molecular formula is C15H14N2O3. The summed E-state index contributed by atoms with van der Waals surface area (Å²) in [5.74, 6) is -0.447. The van der Waals surface area contributed by atoms with E-state index in [1.807, 2.05) is 18.2 Å². The number of fused-ring (bicyclic) bond motifs is 1. The van der Waals surface area contributed by atoms with Crippen molar-refractivity contribution in [2.75, 3.05) is 0 Å². The normalized spacial score (nSPS) is 13.6. The smallest absolute Gasteiger partial charge is 0.341 e. The zero-order chi connectivity index (χ0) is 13.9. The van der Waals surface area contributed by atoms with Crippen LogP contribution in [0.5, 0.6) is 11.6 Å². The molecule has 0 saturated heterocycles. The van der Waals surface area contributed by atoms with E-state index in [0.29, 0.717) is 5.75 Å². The van der Waals surface area contributed by atoms with E-state index in [9.17, 15) is 4.79 Å². The van der Waals surface area contributed by atoms with Crippen LogP contribution in [0.15, 0.2) is 30.5 Å². The van der Waals surface area contributed by atoms with Crippen molar-refractivity contribution in [3.63, 3.8) is 0 Å². The maximum absolute atomic E-state index is 11.1. The zero-order valence-corrected chi connectivity index (χ0v) is 10.9. The number of nitrogens with zero attached hydrogens (tertiary/aromatic N) is 2. The Kier molecular flexibility index (Phi) is 3.33. The predicted molar refractivity (Wildman–Crippen MR) is 72.1 cm³/mol. The molecule has 3 rings (SSSR count). The molecule has 0 unspecified atom stereocenters. The first-order valence-corrected chi connectivity index (χ1v) is 6.58. The minimum atomic E-state index is -1.08. The number of carboxylic acids is 1. The second-order valence-electron chi connectivity index (χ2n) is 4.79. The number of ether oxygens (including phenoxy) is 1. The molecule has 0 saturated carbocycles. The number of hydrogen-bond acceptors (Lipinski definition) is 4. The molecule has 0 aliphatic heterocycles. The first-order chi connectivity index (χ1) is 9.74. The molecule has 0 radical (unpaired) electrons. The van der Waals surface area contributed by atoms with E-state index in [1.54, 1.807) is 0 Å². The quantitative estimate of drug-likeness (QED) is 0.928. The standard InChI is InChI=1S/C15H14N2O3/c18-15(19)13-7-8-16-17-14(13)20-12-6-5-10-3-1-2-4-11(10)9-12/h5-9H,1-4H2,(H,18,19). The van der Waals surface area contributed by atoms with Crippen LogP contribution in [0.25, 0.3) is 0 Å². The number of aromatic nitrogens is 2. The Bertz CT molecular complexity index is 655. The van der Waals surface area contributed by atoms with Gasteiger partial charge in [-0.3, -0.25) is 0 Å². The number of carboxylic acid groups (broad SMARTS) is 1. The molecule has 5 heteroatoms. The summed E-state index contributed by atoms with van der Waals surface area (Å²) >= 11 is 0. The van der Waals surface area contributed by atoms with Crippen LogP contribution >= 0.6 is 0 Å². The Balaban J connectivity index is 1.90. The largest absolute Gasteiger partial charge is 0.477 e. The summed E-state index contributed by atoms with van der Waals surface area (Å²) < 4.78 is 5.58. The third kappa shape index (κ3) is 2.47. The summed E-state index contributed by atoms with van der Waals surface area (Å²) in [6.45, 7) is 0. The molecule has 0 amide bonds. The van der Waals surface area contributed by atoms with Crippen molar-refractivity contribution in [2.45, 2.75) is 25.7 Å². The van der Waals surface area contributed by atoms with Gasteiger partial charge < -0.3 is 9.84 Å². The van der Waals surface area contributed by atoms with Crippen molar-refractivity contribution < 1.29 is 14.6 Å². The fourth-order valence-electron chi connectivity index (χ4n) is 2.44. The van der Waals surface area contributed by atoms with Crippen molar-refractivity contribution in [3.05, 3.63) is 47.2 Å². The van der Waals surface area contributed by atoms with Gasteiger partial charge >= 0.3 is 5.97 Å². The van der Waals surface area contributed by atoms with Gasteiger partial charge in [0.05, 0.1) is 6.20 Å². The fourth-order valence-corrected chi connectivity index (χ4v) is 2.44. The molecule has 1 aliphatic carbocycles. The minimum absolute atomic E-state index is 0.0118. The summed E-state index contributed by atoms with van der Waals surface area (Å²) in [4.78, 5) is 11.1. The van der Waals surface area contributed by atoms with Crippen LogP contribution in [0.4, 0.5) is 0 Å². The van der Waals surface area contributed by atoms with E-state index in [2.05, 4.69) is 10.2 Å². The van der Waals surface area contributed by atoms with Crippen LogP contribution in [0.2, 0.25) is 0 Å². The molecule has 5 nitrogen and oxygen atoms in total. The van der Waals surface area contributed by atoms with Gasteiger partial charge in [-0.05, 0) is 55.0 Å². The van der Waals surface area contributed by atoms with Gasteiger partial charge in [-0.25, -0.2) is 4.79 Å². The van der Waals surface area contributed by atoms with Crippen LogP contribution < -0.4 is 4.74 Å². The van der Waals surface area contributed by atoms with Crippen LogP contribution in [-0.4, -0.2) is 21.3 Å². The number of carbonyl (C=O) groups is 1. The first kappa shape index (κ1) is 12.6. The molecular weight excluding hydrogens is 256 g/mol. The molecule has 1 aromatic carbocycles. The van der Waals surface area contributed by atoms with Crippen LogP contribution in [0.1, 0.15) is 34.3 Å². The average Bonchev–Trinajstić information content (AvgIpc) is 2.47. The molecule has 0 fully saturated rings. The summed E-state index contributed by atoms with van der Waals surface area (Å²) in [5.41, 5.74) is 2.63. The average molecular weight is 270 g/mol. The lowest BCUT2D eigenvalue weighted by molar-refractivity contribution is 0.0693. The lowest BCUT2D eigenvalue weighted by Crippen LogP contribution is -2.05. The van der Waals surface area contributed by atoms with Gasteiger partial charge in [0.15, 0.2) is 0 Å². The molecule has 0 atom stereocenters. The third-order valence-electron chi connectivity index (χ3n) is 3.45. The Morgan fingerprint density at radius 2 is 1.95 bits per heavy atom. The van der Waals surface area contributed by atoms with E-state index >= 15 is 0 Å². The highest BCUT2D eigenvalue weighted by molar-refractivity contribution is 5.90. The summed E-state index contributed by atoms with van der Waals surface area (Å²) in [5, 5.41) is 16.5. The van der Waals surface area contributed by atoms with Gasteiger partial charge in [-0.15, -0.1) is 5.10 Å². The molecule has 1 aliphatic rings. The summed E-state index contributed by atoms with van der Waals surface area (Å²) in [7, 11) is 0. The highest BCUT2D eigenvalue weighted by Crippen LogP contribution is 2.28. The van der Waals surface area contributed by atoms with E-state index in [4.69, 9.17) is 9.84 Å². The van der Waals surface area contributed by atoms with Gasteiger partial charge in [-0.1, -0.05) is 6.07 Å². The predicted octanol–water partition coefficient (Wildman–Crippen LogP) is 2.85. The van der Waals surface area contributed by atoms with Crippen molar-refractivity contribution >= 4 is 5.97 Å². The van der Waals surface area contributed by atoms with Gasteiger partial charge in [0.25, 0.3) is 5.88 Å². The molecule has 102 valence electrons. The van der Waals surface area contributed by atoms with Gasteiger partial charge in [0, 0.05) is 0 Å². The molecule has 2 aromatic rings. The second kappa shape index (κ2) is 5.28. The number of benzene rings is 1. The van der Waals surface area contributed by atoms with E-state index < -0.39 is 5.97 Å². The first-order valence-electron chi connectivity index (χ1n) is 6.58. The maximum atomic E-state index is 11.1. The Morgan fingerprint density at radius 1 is 1.15 bits per heavy atom. The van der Waals surface area contributed by atoms with E-state index in [-0.39, 0.29) is 11.4 Å². The molecule has 0 spiro atoms. The van der Waals surface area contributed by atoms with Gasteiger partial charge in [-0.2, -0.15) is 5.10 Å². The summed E-state index contributed by atoms with van der Waals surface area (Å²) in [6.07, 6.45) is 5.88. The Hall–Kier alpha value is -2.43. The Morgan fingerprint density at radius 3 is 2.75 bits per heavy atom. The van der Waals surface area contributed by atoms with Crippen LogP contribution in [-0.2, 0) is 12.8 Å². The van der Waals surface area contributed by atoms with Crippen LogP contribution in [0, 0.1) is 0 Å². The van der Waals surface area contributed by atoms with Crippen molar-refractivity contribution in [2.24, 2.45) is 0 Å². The number of hydrogen-bond donors (Lipinski definition) is 1. The van der Waals surface area contributed by atoms with Crippen molar-refractivity contribution in [3.8, 4) is 11.6 Å². The van der Waals surface area contributed by atoms with Crippen molar-refractivity contribution in [1.82, 2.24) is 10.2 Å². The molecule has 20 heavy (non-hydrogen) atoms. The topological polar surface area (TPSA) is 72.3 Å². The fraction of sp³-hybridized carbons (Fsp3) is 0.267. The monoisotopic (exact) mass is 270 g/mol. The van der Waals surface area contributed by atoms with E-state index in [0.717, 1.165) is 12.8 Å². The molecule has 1 aromatic heterocycles.